The lowest BCUT2D eigenvalue weighted by Gasteiger charge is -2.36. The zero-order valence-corrected chi connectivity index (χ0v) is 9.70. The average Bonchev–Trinajstić information content (AvgIpc) is 2.80. The van der Waals surface area contributed by atoms with Crippen LogP contribution in [0.3, 0.4) is 0 Å². The van der Waals surface area contributed by atoms with Crippen LogP contribution < -0.4 is 10.2 Å². The van der Waals surface area contributed by atoms with Crippen molar-refractivity contribution >= 4 is 11.8 Å². The molecule has 0 aromatic carbocycles. The first kappa shape index (κ1) is 10.8. The highest BCUT2D eigenvalue weighted by molar-refractivity contribution is 5.77. The van der Waals surface area contributed by atoms with Crippen LogP contribution in [0.2, 0.25) is 0 Å². The van der Waals surface area contributed by atoms with Gasteiger partial charge in [0, 0.05) is 26.2 Å². The maximum absolute atomic E-state index is 11.5. The van der Waals surface area contributed by atoms with Gasteiger partial charge in [-0.1, -0.05) is 0 Å². The largest absolute Gasteiger partial charge is 0.351 e. The molecule has 7 nitrogen and oxygen atoms in total. The molecule has 0 bridgehead atoms. The van der Waals surface area contributed by atoms with Crippen molar-refractivity contribution in [2.75, 3.05) is 31.1 Å². The van der Waals surface area contributed by atoms with Crippen molar-refractivity contribution in [1.29, 1.82) is 5.26 Å². The van der Waals surface area contributed by atoms with E-state index in [9.17, 15) is 4.79 Å². The Balaban J connectivity index is 1.74. The molecule has 3 heterocycles. The third-order valence-corrected chi connectivity index (χ3v) is 3.31. The van der Waals surface area contributed by atoms with Crippen LogP contribution in [0.5, 0.6) is 0 Å². The van der Waals surface area contributed by atoms with Gasteiger partial charge in [-0.15, -0.1) is 0 Å². The Kier molecular flexibility index (Phi) is 2.48. The van der Waals surface area contributed by atoms with Gasteiger partial charge in [-0.25, -0.2) is 14.8 Å². The van der Waals surface area contributed by atoms with Crippen molar-refractivity contribution in [2.24, 2.45) is 0 Å². The van der Waals surface area contributed by atoms with Gasteiger partial charge in [0.05, 0.1) is 18.4 Å². The molecule has 2 saturated heterocycles. The molecule has 1 aromatic rings. The fraction of sp³-hybridized carbons (Fsp3) is 0.455. The lowest BCUT2D eigenvalue weighted by atomic mass is 10.2. The van der Waals surface area contributed by atoms with E-state index in [0.29, 0.717) is 18.8 Å². The molecule has 18 heavy (non-hydrogen) atoms. The summed E-state index contributed by atoms with van der Waals surface area (Å²) in [6.07, 6.45) is 3.08. The fourth-order valence-corrected chi connectivity index (χ4v) is 2.35. The van der Waals surface area contributed by atoms with E-state index in [0.717, 1.165) is 18.9 Å². The lowest BCUT2D eigenvalue weighted by Crippen LogP contribution is -2.52. The Morgan fingerprint density at radius 1 is 1.39 bits per heavy atom. The first-order chi connectivity index (χ1) is 8.78. The molecule has 2 aliphatic heterocycles. The third kappa shape index (κ3) is 1.72. The number of carbonyl (C=O) groups is 1. The molecule has 0 saturated carbocycles. The monoisotopic (exact) mass is 244 g/mol. The van der Waals surface area contributed by atoms with Gasteiger partial charge in [-0.3, -0.25) is 0 Å². The number of amides is 2. The smallest absolute Gasteiger partial charge is 0.317 e. The molecule has 7 heteroatoms. The summed E-state index contributed by atoms with van der Waals surface area (Å²) in [6, 6.07) is 2.16. The van der Waals surface area contributed by atoms with Crippen LogP contribution in [0.4, 0.5) is 10.6 Å². The van der Waals surface area contributed by atoms with E-state index >= 15 is 0 Å². The van der Waals surface area contributed by atoms with Crippen molar-refractivity contribution in [3.63, 3.8) is 0 Å². The summed E-state index contributed by atoms with van der Waals surface area (Å²) in [4.78, 5) is 23.6. The van der Waals surface area contributed by atoms with E-state index in [1.54, 1.807) is 6.20 Å². The minimum Gasteiger partial charge on any atom is -0.351 e. The number of nitrogens with one attached hydrogen (secondary N) is 1. The molecule has 1 atom stereocenters. The summed E-state index contributed by atoms with van der Waals surface area (Å²) in [5.41, 5.74) is 0.315. The van der Waals surface area contributed by atoms with Crippen molar-refractivity contribution in [3.8, 4) is 6.07 Å². The van der Waals surface area contributed by atoms with E-state index in [2.05, 4.69) is 20.2 Å². The SMILES string of the molecule is N#Cc1cnc(N2CCN3C(=O)NCC3C2)cn1. The summed E-state index contributed by atoms with van der Waals surface area (Å²) < 4.78 is 0. The van der Waals surface area contributed by atoms with Gasteiger partial charge < -0.3 is 15.1 Å². The van der Waals surface area contributed by atoms with Gasteiger partial charge >= 0.3 is 6.03 Å². The Morgan fingerprint density at radius 2 is 2.28 bits per heavy atom. The van der Waals surface area contributed by atoms with Crippen LogP contribution in [0, 0.1) is 11.3 Å². The van der Waals surface area contributed by atoms with Gasteiger partial charge in [0.2, 0.25) is 0 Å². The number of aromatic nitrogens is 2. The second-order valence-corrected chi connectivity index (χ2v) is 4.35. The maximum Gasteiger partial charge on any atom is 0.317 e. The van der Waals surface area contributed by atoms with Gasteiger partial charge in [0.15, 0.2) is 5.69 Å². The molecule has 1 N–H and O–H groups in total. The minimum atomic E-state index is 0.0190. The number of nitrogens with zero attached hydrogens (tertiary/aromatic N) is 5. The first-order valence-electron chi connectivity index (χ1n) is 5.79. The number of rotatable bonds is 1. The Hall–Kier alpha value is -2.36. The molecule has 2 amide bonds. The van der Waals surface area contributed by atoms with Gasteiger partial charge in [-0.2, -0.15) is 5.26 Å². The number of urea groups is 1. The van der Waals surface area contributed by atoms with E-state index in [1.165, 1.54) is 6.20 Å². The molecule has 0 radical (unpaired) electrons. The van der Waals surface area contributed by atoms with Crippen LogP contribution in [0.15, 0.2) is 12.4 Å². The number of hydrogen-bond donors (Lipinski definition) is 1. The number of piperazine rings is 1. The molecule has 92 valence electrons. The molecule has 3 rings (SSSR count). The second-order valence-electron chi connectivity index (χ2n) is 4.35. The van der Waals surface area contributed by atoms with Crippen LogP contribution in [-0.2, 0) is 0 Å². The second kappa shape index (κ2) is 4.14. The Morgan fingerprint density at radius 3 is 3.00 bits per heavy atom. The highest BCUT2D eigenvalue weighted by atomic mass is 16.2. The highest BCUT2D eigenvalue weighted by Crippen LogP contribution is 2.18. The minimum absolute atomic E-state index is 0.0190. The van der Waals surface area contributed by atoms with Crippen molar-refractivity contribution in [3.05, 3.63) is 18.1 Å². The molecular formula is C11H12N6O. The molecule has 1 unspecified atom stereocenters. The van der Waals surface area contributed by atoms with Gasteiger partial charge in [-0.05, 0) is 0 Å². The van der Waals surface area contributed by atoms with Gasteiger partial charge in [0.1, 0.15) is 11.9 Å². The average molecular weight is 244 g/mol. The van der Waals surface area contributed by atoms with Crippen LogP contribution in [0.25, 0.3) is 0 Å². The summed E-state index contributed by atoms with van der Waals surface area (Å²) in [5.74, 6) is 0.757. The van der Waals surface area contributed by atoms with Gasteiger partial charge in [0.25, 0.3) is 0 Å². The van der Waals surface area contributed by atoms with Crippen LogP contribution >= 0.6 is 0 Å². The van der Waals surface area contributed by atoms with E-state index in [-0.39, 0.29) is 12.1 Å². The third-order valence-electron chi connectivity index (χ3n) is 3.31. The zero-order chi connectivity index (χ0) is 12.5. The molecule has 2 aliphatic rings. The van der Waals surface area contributed by atoms with E-state index < -0.39 is 0 Å². The Bertz CT molecular complexity index is 507. The van der Waals surface area contributed by atoms with Crippen molar-refractivity contribution in [1.82, 2.24) is 20.2 Å². The van der Waals surface area contributed by atoms with Crippen molar-refractivity contribution < 1.29 is 4.79 Å². The summed E-state index contributed by atoms with van der Waals surface area (Å²) >= 11 is 0. The Labute approximate surface area is 104 Å². The predicted octanol–water partition coefficient (Wildman–Crippen LogP) is -0.438. The molecule has 1 aromatic heterocycles. The first-order valence-corrected chi connectivity index (χ1v) is 5.79. The summed E-state index contributed by atoms with van der Waals surface area (Å²) in [7, 11) is 0. The maximum atomic E-state index is 11.5. The summed E-state index contributed by atoms with van der Waals surface area (Å²) in [5, 5.41) is 11.5. The fourth-order valence-electron chi connectivity index (χ4n) is 2.35. The number of anilines is 1. The highest BCUT2D eigenvalue weighted by Gasteiger charge is 2.35. The van der Waals surface area contributed by atoms with Crippen LogP contribution in [-0.4, -0.2) is 53.1 Å². The van der Waals surface area contributed by atoms with Crippen LogP contribution in [0.1, 0.15) is 5.69 Å². The number of fused-ring (bicyclic) bond motifs is 1. The standard InChI is InChI=1S/C11H12N6O/c12-3-8-4-14-10(6-13-8)16-1-2-17-9(7-16)5-15-11(17)18/h4,6,9H,1-2,5,7H2,(H,15,18). The zero-order valence-electron chi connectivity index (χ0n) is 9.70. The summed E-state index contributed by atoms with van der Waals surface area (Å²) in [6.45, 7) is 2.86. The van der Waals surface area contributed by atoms with Crippen molar-refractivity contribution in [2.45, 2.75) is 6.04 Å². The van der Waals surface area contributed by atoms with E-state index in [4.69, 9.17) is 5.26 Å². The molecule has 0 aliphatic carbocycles. The molecular weight excluding hydrogens is 232 g/mol. The van der Waals surface area contributed by atoms with E-state index in [1.807, 2.05) is 11.0 Å². The molecule has 2 fully saturated rings. The number of nitriles is 1. The number of carbonyl (C=O) groups excluding carboxylic acids is 1. The lowest BCUT2D eigenvalue weighted by molar-refractivity contribution is 0.197. The molecule has 0 spiro atoms. The predicted molar refractivity (Wildman–Crippen MR) is 62.9 cm³/mol. The topological polar surface area (TPSA) is 85.2 Å². The quantitative estimate of drug-likeness (QED) is 0.724. The number of hydrogen-bond acceptors (Lipinski definition) is 5. The normalized spacial score (nSPS) is 22.4.